The number of piperidine rings is 1. The minimum absolute atomic E-state index is 0.173. The molecule has 1 aliphatic heterocycles. The number of fused-ring (bicyclic) bond motifs is 1. The number of sulfonamides is 1. The Kier molecular flexibility index (Phi) is 5.73. The molecule has 0 saturated carbocycles. The summed E-state index contributed by atoms with van der Waals surface area (Å²) in [7, 11) is -3.41. The molecule has 1 aliphatic rings. The van der Waals surface area contributed by atoms with Gasteiger partial charge in [-0.05, 0) is 64.3 Å². The van der Waals surface area contributed by atoms with Gasteiger partial charge >= 0.3 is 11.7 Å². The summed E-state index contributed by atoms with van der Waals surface area (Å²) in [6.45, 7) is 7.76. The van der Waals surface area contributed by atoms with Crippen LogP contribution in [0.5, 0.6) is 0 Å². The molecule has 2 aromatic rings. The van der Waals surface area contributed by atoms with Gasteiger partial charge in [0.25, 0.3) is 0 Å². The highest BCUT2D eigenvalue weighted by Crippen LogP contribution is 2.25. The maximum atomic E-state index is 12.7. The molecule has 2 heterocycles. The molecular formula is C20H27N3O5S. The van der Waals surface area contributed by atoms with Gasteiger partial charge in [0.05, 0.1) is 4.75 Å². The summed E-state index contributed by atoms with van der Waals surface area (Å²) in [5.74, 6) is 0. The third kappa shape index (κ3) is 4.62. The van der Waals surface area contributed by atoms with E-state index < -0.39 is 20.4 Å². The van der Waals surface area contributed by atoms with Crippen LogP contribution in [0.1, 0.15) is 39.2 Å². The standard InChI is InChI=1S/C20H27N3O5S/c1-13-15-5-8-18(24)28-17(15)7-6-16(13)21-19(25)23-11-9-14(10-12-23)22-29(26,27)20(2,3)4/h5-8,14,22H,9-12H2,1-4H3,(H,21,25). The first-order chi connectivity index (χ1) is 13.5. The lowest BCUT2D eigenvalue weighted by atomic mass is 10.1. The van der Waals surface area contributed by atoms with Crippen molar-refractivity contribution in [1.29, 1.82) is 0 Å². The molecule has 1 saturated heterocycles. The van der Waals surface area contributed by atoms with E-state index in [-0.39, 0.29) is 12.1 Å². The minimum atomic E-state index is -3.41. The highest BCUT2D eigenvalue weighted by Gasteiger charge is 2.33. The molecule has 1 aromatic carbocycles. The van der Waals surface area contributed by atoms with Gasteiger partial charge in [-0.15, -0.1) is 0 Å². The molecule has 2 N–H and O–H groups in total. The Balaban J connectivity index is 1.63. The molecule has 8 nitrogen and oxygen atoms in total. The zero-order valence-corrected chi connectivity index (χ0v) is 17.9. The molecule has 0 aliphatic carbocycles. The van der Waals surface area contributed by atoms with E-state index in [0.717, 1.165) is 10.9 Å². The molecule has 9 heteroatoms. The predicted molar refractivity (Wildman–Crippen MR) is 113 cm³/mol. The van der Waals surface area contributed by atoms with Crippen molar-refractivity contribution in [1.82, 2.24) is 9.62 Å². The number of nitrogens with one attached hydrogen (secondary N) is 2. The number of hydrogen-bond donors (Lipinski definition) is 2. The normalized spacial score (nSPS) is 16.2. The summed E-state index contributed by atoms with van der Waals surface area (Å²) in [6.07, 6.45) is 1.12. The van der Waals surface area contributed by atoms with Crippen LogP contribution in [0.2, 0.25) is 0 Å². The Morgan fingerprint density at radius 1 is 1.14 bits per heavy atom. The van der Waals surface area contributed by atoms with Crippen LogP contribution in [0.15, 0.2) is 33.5 Å². The van der Waals surface area contributed by atoms with Crippen LogP contribution in [-0.2, 0) is 10.0 Å². The quantitative estimate of drug-likeness (QED) is 0.741. The number of hydrogen-bond acceptors (Lipinski definition) is 5. The number of nitrogens with zero attached hydrogens (tertiary/aromatic N) is 1. The first-order valence-electron chi connectivity index (χ1n) is 9.59. The Morgan fingerprint density at radius 3 is 2.41 bits per heavy atom. The van der Waals surface area contributed by atoms with Crippen LogP contribution in [0.3, 0.4) is 0 Å². The summed E-state index contributed by atoms with van der Waals surface area (Å²) >= 11 is 0. The zero-order valence-electron chi connectivity index (χ0n) is 17.1. The molecule has 2 amide bonds. The van der Waals surface area contributed by atoms with E-state index >= 15 is 0 Å². The van der Waals surface area contributed by atoms with E-state index in [1.165, 1.54) is 6.07 Å². The second kappa shape index (κ2) is 7.79. The number of rotatable bonds is 3. The van der Waals surface area contributed by atoms with Crippen LogP contribution < -0.4 is 15.7 Å². The van der Waals surface area contributed by atoms with E-state index in [2.05, 4.69) is 10.0 Å². The average molecular weight is 422 g/mol. The minimum Gasteiger partial charge on any atom is -0.423 e. The van der Waals surface area contributed by atoms with Gasteiger partial charge in [0.15, 0.2) is 0 Å². The molecule has 0 radical (unpaired) electrons. The Bertz CT molecular complexity index is 1080. The molecule has 0 unspecified atom stereocenters. The van der Waals surface area contributed by atoms with Crippen LogP contribution >= 0.6 is 0 Å². The van der Waals surface area contributed by atoms with Crippen molar-refractivity contribution in [2.75, 3.05) is 18.4 Å². The van der Waals surface area contributed by atoms with Crippen molar-refractivity contribution in [3.05, 3.63) is 40.2 Å². The highest BCUT2D eigenvalue weighted by molar-refractivity contribution is 7.90. The van der Waals surface area contributed by atoms with Crippen LogP contribution in [-0.4, -0.2) is 43.2 Å². The number of carbonyl (C=O) groups excluding carboxylic acids is 1. The van der Waals surface area contributed by atoms with Gasteiger partial charge in [-0.25, -0.2) is 22.7 Å². The van der Waals surface area contributed by atoms with E-state index in [9.17, 15) is 18.0 Å². The Labute approximate surface area is 170 Å². The lowest BCUT2D eigenvalue weighted by Gasteiger charge is -2.33. The number of aryl methyl sites for hydroxylation is 1. The zero-order chi connectivity index (χ0) is 21.4. The second-order valence-electron chi connectivity index (χ2n) is 8.33. The third-order valence-corrected chi connectivity index (χ3v) is 7.48. The summed E-state index contributed by atoms with van der Waals surface area (Å²) in [5, 5.41) is 3.66. The van der Waals surface area contributed by atoms with Gasteiger partial charge in [0, 0.05) is 36.3 Å². The van der Waals surface area contributed by atoms with Gasteiger partial charge in [-0.3, -0.25) is 0 Å². The van der Waals surface area contributed by atoms with Crippen molar-refractivity contribution >= 4 is 32.7 Å². The van der Waals surface area contributed by atoms with E-state index in [1.54, 1.807) is 43.9 Å². The molecule has 3 rings (SSSR count). The summed E-state index contributed by atoms with van der Waals surface area (Å²) in [6, 6.07) is 5.99. The molecule has 0 atom stereocenters. The first kappa shape index (κ1) is 21.3. The van der Waals surface area contributed by atoms with E-state index in [4.69, 9.17) is 4.42 Å². The van der Waals surface area contributed by atoms with E-state index in [0.29, 0.717) is 37.2 Å². The van der Waals surface area contributed by atoms with Gasteiger partial charge in [-0.1, -0.05) is 0 Å². The number of urea groups is 1. The summed E-state index contributed by atoms with van der Waals surface area (Å²) in [5.41, 5.74) is 1.51. The topological polar surface area (TPSA) is 109 Å². The molecule has 0 bridgehead atoms. The molecule has 29 heavy (non-hydrogen) atoms. The SMILES string of the molecule is Cc1c(NC(=O)N2CCC(NS(=O)(=O)C(C)(C)C)CC2)ccc2oc(=O)ccc12. The number of anilines is 1. The van der Waals surface area contributed by atoms with E-state index in [1.807, 2.05) is 6.92 Å². The second-order valence-corrected chi connectivity index (χ2v) is 10.8. The number of amides is 2. The van der Waals surface area contributed by atoms with Crippen molar-refractivity contribution in [2.24, 2.45) is 0 Å². The van der Waals surface area contributed by atoms with Gasteiger partial charge in [-0.2, -0.15) is 0 Å². The van der Waals surface area contributed by atoms with Crippen LogP contribution in [0.25, 0.3) is 11.0 Å². The lowest BCUT2D eigenvalue weighted by molar-refractivity contribution is 0.193. The number of carbonyl (C=O) groups is 1. The number of benzene rings is 1. The lowest BCUT2D eigenvalue weighted by Crippen LogP contribution is -2.50. The Hall–Kier alpha value is -2.39. The molecule has 1 fully saturated rings. The predicted octanol–water partition coefficient (Wildman–Crippen LogP) is 2.82. The fraction of sp³-hybridized carbons (Fsp3) is 0.500. The van der Waals surface area contributed by atoms with Gasteiger partial charge < -0.3 is 14.6 Å². The highest BCUT2D eigenvalue weighted by atomic mass is 32.2. The third-order valence-electron chi connectivity index (χ3n) is 5.22. The van der Waals surface area contributed by atoms with Crippen molar-refractivity contribution in [2.45, 2.75) is 51.3 Å². The fourth-order valence-electron chi connectivity index (χ4n) is 3.22. The van der Waals surface area contributed by atoms with Crippen molar-refractivity contribution < 1.29 is 17.6 Å². The number of likely N-dealkylation sites (tertiary alicyclic amines) is 1. The van der Waals surface area contributed by atoms with Gasteiger partial charge in [0.2, 0.25) is 10.0 Å². The first-order valence-corrected chi connectivity index (χ1v) is 11.1. The molecular weight excluding hydrogens is 394 g/mol. The van der Waals surface area contributed by atoms with Crippen molar-refractivity contribution in [3.8, 4) is 0 Å². The van der Waals surface area contributed by atoms with Crippen LogP contribution in [0.4, 0.5) is 10.5 Å². The largest absolute Gasteiger partial charge is 0.423 e. The summed E-state index contributed by atoms with van der Waals surface area (Å²) in [4.78, 5) is 25.7. The maximum absolute atomic E-state index is 12.7. The smallest absolute Gasteiger partial charge is 0.336 e. The maximum Gasteiger partial charge on any atom is 0.336 e. The summed E-state index contributed by atoms with van der Waals surface area (Å²) < 4.78 is 31.7. The Morgan fingerprint density at radius 2 is 1.79 bits per heavy atom. The fourth-order valence-corrected chi connectivity index (χ4v) is 4.25. The molecule has 0 spiro atoms. The van der Waals surface area contributed by atoms with Gasteiger partial charge in [0.1, 0.15) is 5.58 Å². The average Bonchev–Trinajstić information content (AvgIpc) is 2.63. The van der Waals surface area contributed by atoms with Crippen molar-refractivity contribution in [3.63, 3.8) is 0 Å². The van der Waals surface area contributed by atoms with Crippen LogP contribution in [0, 0.1) is 6.92 Å². The monoisotopic (exact) mass is 421 g/mol. The molecule has 1 aromatic heterocycles. The molecule has 158 valence electrons.